The molecule has 0 bridgehead atoms. The van der Waals surface area contributed by atoms with E-state index < -0.39 is 23.8 Å². The number of rotatable bonds is 6. The largest absolute Gasteiger partial charge is 0.480 e. The standard InChI is InChI=1S/C26H21NO3/c28-25(22-17-9-15-18-10-7-8-16-21(18)22)27-24(26(29)30)23(19-11-3-1-4-12-19)20-13-5-2-6-14-20/h1-17,23-24H,(H,27,28)(H,29,30)/t24-/m1/s1. The minimum atomic E-state index is -1.12. The minimum Gasteiger partial charge on any atom is -0.480 e. The van der Waals surface area contributed by atoms with Gasteiger partial charge in [-0.15, -0.1) is 0 Å². The Balaban J connectivity index is 1.75. The van der Waals surface area contributed by atoms with Crippen molar-refractivity contribution in [3.05, 3.63) is 120 Å². The van der Waals surface area contributed by atoms with E-state index >= 15 is 0 Å². The van der Waals surface area contributed by atoms with Gasteiger partial charge in [-0.1, -0.05) is 97.1 Å². The van der Waals surface area contributed by atoms with Crippen molar-refractivity contribution >= 4 is 22.6 Å². The van der Waals surface area contributed by atoms with Gasteiger partial charge in [0.1, 0.15) is 6.04 Å². The van der Waals surface area contributed by atoms with Crippen LogP contribution >= 0.6 is 0 Å². The maximum atomic E-state index is 13.2. The smallest absolute Gasteiger partial charge is 0.327 e. The lowest BCUT2D eigenvalue weighted by Crippen LogP contribution is -2.45. The number of benzene rings is 4. The molecule has 0 saturated heterocycles. The molecule has 0 heterocycles. The van der Waals surface area contributed by atoms with Crippen LogP contribution in [0.5, 0.6) is 0 Å². The molecule has 0 unspecified atom stereocenters. The second-order valence-corrected chi connectivity index (χ2v) is 7.12. The van der Waals surface area contributed by atoms with Crippen molar-refractivity contribution < 1.29 is 14.7 Å². The lowest BCUT2D eigenvalue weighted by atomic mass is 9.84. The predicted molar refractivity (Wildman–Crippen MR) is 118 cm³/mol. The van der Waals surface area contributed by atoms with E-state index in [1.165, 1.54) is 0 Å². The second kappa shape index (κ2) is 8.62. The highest BCUT2D eigenvalue weighted by Crippen LogP contribution is 2.29. The summed E-state index contributed by atoms with van der Waals surface area (Å²) in [4.78, 5) is 25.5. The summed E-state index contributed by atoms with van der Waals surface area (Å²) >= 11 is 0. The number of nitrogens with one attached hydrogen (secondary N) is 1. The fourth-order valence-corrected chi connectivity index (χ4v) is 3.83. The molecule has 4 heteroatoms. The van der Waals surface area contributed by atoms with Gasteiger partial charge in [-0.25, -0.2) is 4.79 Å². The van der Waals surface area contributed by atoms with Crippen LogP contribution in [-0.4, -0.2) is 23.0 Å². The zero-order valence-electron chi connectivity index (χ0n) is 16.2. The zero-order valence-corrected chi connectivity index (χ0v) is 16.2. The number of aliphatic carboxylic acids is 1. The van der Waals surface area contributed by atoms with Gasteiger partial charge in [0.05, 0.1) is 0 Å². The van der Waals surface area contributed by atoms with Gasteiger partial charge in [-0.05, 0) is 28.0 Å². The van der Waals surface area contributed by atoms with E-state index in [0.29, 0.717) is 5.56 Å². The summed E-state index contributed by atoms with van der Waals surface area (Å²) in [5, 5.41) is 14.6. The van der Waals surface area contributed by atoms with Crippen molar-refractivity contribution in [2.45, 2.75) is 12.0 Å². The Labute approximate surface area is 174 Å². The summed E-state index contributed by atoms with van der Waals surface area (Å²) in [6.07, 6.45) is 0. The third-order valence-electron chi connectivity index (χ3n) is 5.24. The van der Waals surface area contributed by atoms with Crippen molar-refractivity contribution in [1.29, 1.82) is 0 Å². The highest BCUT2D eigenvalue weighted by molar-refractivity contribution is 6.08. The van der Waals surface area contributed by atoms with E-state index in [0.717, 1.165) is 21.9 Å². The molecule has 4 nitrogen and oxygen atoms in total. The Kier molecular flexibility index (Phi) is 5.57. The zero-order chi connectivity index (χ0) is 20.9. The molecular weight excluding hydrogens is 374 g/mol. The first kappa shape index (κ1) is 19.4. The van der Waals surface area contributed by atoms with Crippen LogP contribution in [0.4, 0.5) is 0 Å². The Bertz CT molecular complexity index is 1130. The molecule has 0 spiro atoms. The first-order valence-corrected chi connectivity index (χ1v) is 9.76. The van der Waals surface area contributed by atoms with Crippen LogP contribution < -0.4 is 5.32 Å². The number of fused-ring (bicyclic) bond motifs is 1. The average molecular weight is 395 g/mol. The van der Waals surface area contributed by atoms with Gasteiger partial charge in [0, 0.05) is 11.5 Å². The first-order valence-electron chi connectivity index (χ1n) is 9.76. The number of hydrogen-bond donors (Lipinski definition) is 2. The molecule has 4 aromatic carbocycles. The third kappa shape index (κ3) is 3.94. The molecule has 0 radical (unpaired) electrons. The van der Waals surface area contributed by atoms with Crippen molar-refractivity contribution in [2.75, 3.05) is 0 Å². The number of hydrogen-bond acceptors (Lipinski definition) is 2. The fraction of sp³-hybridized carbons (Fsp3) is 0.0769. The number of carbonyl (C=O) groups is 2. The minimum absolute atomic E-state index is 0.406. The fourth-order valence-electron chi connectivity index (χ4n) is 3.83. The number of carboxylic acid groups (broad SMARTS) is 1. The number of amides is 1. The van der Waals surface area contributed by atoms with Crippen LogP contribution in [0.15, 0.2) is 103 Å². The summed E-state index contributed by atoms with van der Waals surface area (Å²) in [5.41, 5.74) is 2.11. The van der Waals surface area contributed by atoms with Gasteiger partial charge in [0.2, 0.25) is 0 Å². The van der Waals surface area contributed by atoms with E-state index in [1.54, 1.807) is 12.1 Å². The van der Waals surface area contributed by atoms with Gasteiger partial charge in [0.15, 0.2) is 0 Å². The maximum absolute atomic E-state index is 13.2. The molecule has 0 aliphatic rings. The van der Waals surface area contributed by atoms with E-state index in [-0.39, 0.29) is 0 Å². The molecule has 4 aromatic rings. The quantitative estimate of drug-likeness (QED) is 0.490. The Morgan fingerprint density at radius 1 is 0.667 bits per heavy atom. The van der Waals surface area contributed by atoms with Gasteiger partial charge >= 0.3 is 5.97 Å². The first-order chi connectivity index (χ1) is 14.6. The molecule has 0 saturated carbocycles. The summed E-state index contributed by atoms with van der Waals surface area (Å²) in [6.45, 7) is 0. The Morgan fingerprint density at radius 3 is 1.80 bits per heavy atom. The summed E-state index contributed by atoms with van der Waals surface area (Å²) in [6, 6.07) is 30.7. The molecule has 1 amide bonds. The lowest BCUT2D eigenvalue weighted by molar-refractivity contribution is -0.139. The second-order valence-electron chi connectivity index (χ2n) is 7.12. The number of carbonyl (C=O) groups excluding carboxylic acids is 1. The molecule has 4 rings (SSSR count). The maximum Gasteiger partial charge on any atom is 0.327 e. The predicted octanol–water partition coefficient (Wildman–Crippen LogP) is 4.85. The summed E-state index contributed by atoms with van der Waals surface area (Å²) in [5.74, 6) is -2.01. The molecule has 0 aromatic heterocycles. The molecular formula is C26H21NO3. The number of carboxylic acids is 1. The van der Waals surface area contributed by atoms with Crippen LogP contribution in [0.1, 0.15) is 27.4 Å². The van der Waals surface area contributed by atoms with E-state index in [2.05, 4.69) is 5.32 Å². The molecule has 30 heavy (non-hydrogen) atoms. The molecule has 2 N–H and O–H groups in total. The van der Waals surface area contributed by atoms with Gasteiger partial charge in [-0.2, -0.15) is 0 Å². The van der Waals surface area contributed by atoms with Crippen molar-refractivity contribution in [3.63, 3.8) is 0 Å². The van der Waals surface area contributed by atoms with Crippen LogP contribution in [0, 0.1) is 0 Å². The highest BCUT2D eigenvalue weighted by Gasteiger charge is 2.32. The highest BCUT2D eigenvalue weighted by atomic mass is 16.4. The normalized spacial score (nSPS) is 11.9. The summed E-state index contributed by atoms with van der Waals surface area (Å²) < 4.78 is 0. The van der Waals surface area contributed by atoms with Gasteiger partial charge in [0.25, 0.3) is 5.91 Å². The van der Waals surface area contributed by atoms with Crippen molar-refractivity contribution in [3.8, 4) is 0 Å². The molecule has 148 valence electrons. The average Bonchev–Trinajstić information content (AvgIpc) is 2.79. The molecule has 0 aliphatic heterocycles. The SMILES string of the molecule is O=C(N[C@@H](C(=O)O)C(c1ccccc1)c1ccccc1)c1cccc2ccccc12. The van der Waals surface area contributed by atoms with Crippen LogP contribution in [0.2, 0.25) is 0 Å². The van der Waals surface area contributed by atoms with Gasteiger partial charge < -0.3 is 10.4 Å². The third-order valence-corrected chi connectivity index (χ3v) is 5.24. The van der Waals surface area contributed by atoms with Crippen molar-refractivity contribution in [2.24, 2.45) is 0 Å². The molecule has 0 aliphatic carbocycles. The van der Waals surface area contributed by atoms with Crippen molar-refractivity contribution in [1.82, 2.24) is 5.32 Å². The molecule has 0 fully saturated rings. The van der Waals surface area contributed by atoms with Gasteiger partial charge in [-0.3, -0.25) is 4.79 Å². The van der Waals surface area contributed by atoms with Crippen LogP contribution in [0.25, 0.3) is 10.8 Å². The van der Waals surface area contributed by atoms with Crippen LogP contribution in [-0.2, 0) is 4.79 Å². The van der Waals surface area contributed by atoms with E-state index in [4.69, 9.17) is 0 Å². The molecule has 1 atom stereocenters. The lowest BCUT2D eigenvalue weighted by Gasteiger charge is -2.26. The monoisotopic (exact) mass is 395 g/mol. The summed E-state index contributed by atoms with van der Waals surface area (Å²) in [7, 11) is 0. The topological polar surface area (TPSA) is 66.4 Å². The Morgan fingerprint density at radius 2 is 1.20 bits per heavy atom. The van der Waals surface area contributed by atoms with Crippen LogP contribution in [0.3, 0.4) is 0 Å². The van der Waals surface area contributed by atoms with E-state index in [1.807, 2.05) is 91.0 Å². The Hall–Kier alpha value is -3.92. The van der Waals surface area contributed by atoms with E-state index in [9.17, 15) is 14.7 Å².